The van der Waals surface area contributed by atoms with E-state index in [0.29, 0.717) is 0 Å². The van der Waals surface area contributed by atoms with Gasteiger partial charge in [0.05, 0.1) is 33.2 Å². The van der Waals surface area contributed by atoms with Gasteiger partial charge in [-0.15, -0.1) is 0 Å². The first-order valence-electron chi connectivity index (χ1n) is 24.1. The largest absolute Gasteiger partial charge is 0.456 e. The maximum absolute atomic E-state index is 6.44. The van der Waals surface area contributed by atoms with Crippen LogP contribution < -0.4 is 15.3 Å². The van der Waals surface area contributed by atoms with Gasteiger partial charge in [-0.25, -0.2) is 0 Å². The molecule has 0 amide bonds. The number of anilines is 3. The minimum absolute atomic E-state index is 0.508. The smallest absolute Gasteiger partial charge is 0.137 e. The van der Waals surface area contributed by atoms with Crippen molar-refractivity contribution in [3.05, 3.63) is 253 Å². The van der Waals surface area contributed by atoms with Crippen molar-refractivity contribution < 1.29 is 4.42 Å². The van der Waals surface area contributed by atoms with Crippen LogP contribution in [0.1, 0.15) is 22.3 Å². The number of nitrogens with zero attached hydrogens (tertiary/aromatic N) is 2. The molecule has 13 aromatic rings. The molecule has 1 spiro atoms. The summed E-state index contributed by atoms with van der Waals surface area (Å²) < 4.78 is 8.88. The molecule has 4 heteroatoms. The fourth-order valence-electron chi connectivity index (χ4n) is 12.9. The van der Waals surface area contributed by atoms with Gasteiger partial charge < -0.3 is 13.9 Å². The van der Waals surface area contributed by atoms with Crippen molar-refractivity contribution in [2.45, 2.75) is 18.5 Å². The first kappa shape index (κ1) is 38.6. The summed E-state index contributed by atoms with van der Waals surface area (Å²) in [7, 11) is -2.36. The van der Waals surface area contributed by atoms with Crippen LogP contribution in [0.15, 0.2) is 235 Å². The fraction of sp³-hybridized carbons (Fsp3) is 0.0462. The van der Waals surface area contributed by atoms with Crippen molar-refractivity contribution >= 4 is 101 Å². The number of para-hydroxylation sites is 2. The molecular formula is C65H44N2OSi. The van der Waals surface area contributed by atoms with E-state index >= 15 is 0 Å². The van der Waals surface area contributed by atoms with Crippen molar-refractivity contribution in [3.8, 4) is 16.8 Å². The van der Waals surface area contributed by atoms with Crippen molar-refractivity contribution in [2.24, 2.45) is 0 Å². The van der Waals surface area contributed by atoms with Crippen LogP contribution in [0.3, 0.4) is 0 Å². The highest BCUT2D eigenvalue weighted by Crippen LogP contribution is 2.57. The van der Waals surface area contributed by atoms with Gasteiger partial charge in [0.1, 0.15) is 19.2 Å². The quantitative estimate of drug-likeness (QED) is 0.164. The second-order valence-corrected chi connectivity index (χ2v) is 23.9. The third-order valence-corrected chi connectivity index (χ3v) is 19.4. The summed E-state index contributed by atoms with van der Waals surface area (Å²) in [5.74, 6) is 0. The first-order valence-corrected chi connectivity index (χ1v) is 27.1. The lowest BCUT2D eigenvalue weighted by Crippen LogP contribution is -2.63. The zero-order valence-corrected chi connectivity index (χ0v) is 39.2. The van der Waals surface area contributed by atoms with Gasteiger partial charge in [0.2, 0.25) is 0 Å². The second kappa shape index (κ2) is 14.1. The lowest BCUT2D eigenvalue weighted by molar-refractivity contribution is 0.669. The zero-order valence-electron chi connectivity index (χ0n) is 38.2. The molecule has 1 aliphatic carbocycles. The van der Waals surface area contributed by atoms with Crippen LogP contribution in [0, 0.1) is 0 Å². The Bertz CT molecular complexity index is 4320. The Hall–Kier alpha value is -8.44. The maximum atomic E-state index is 6.44. The summed E-state index contributed by atoms with van der Waals surface area (Å²) in [6.07, 6.45) is 0. The van der Waals surface area contributed by atoms with Crippen LogP contribution >= 0.6 is 0 Å². The van der Waals surface area contributed by atoms with E-state index in [4.69, 9.17) is 4.42 Å². The van der Waals surface area contributed by atoms with Crippen LogP contribution in [0.4, 0.5) is 17.1 Å². The average molecular weight is 897 g/mol. The Morgan fingerprint density at radius 3 is 1.93 bits per heavy atom. The standard InChI is InChI=1S/C65H44N2OSi/c1-69(2)61-34-12-9-27-52(61)65(51-26-8-5-22-46(51)48-25-13-19-42-20-14-28-54(65)63(42)48)53-37-35-44(40-62(53)69)66(55-30-15-18-41-17-3-4-21-45(41)55)43-36-38-57-50(39-43)47-23-6-10-29-56(47)67(57)58-31-16-33-60-64(58)49-24-7-11-32-59(49)68-60/h3-40H,1-2H3. The molecular weight excluding hydrogens is 853 g/mol. The van der Waals surface area contributed by atoms with E-state index in [0.717, 1.165) is 55.7 Å². The summed E-state index contributed by atoms with van der Waals surface area (Å²) in [6.45, 7) is 5.13. The normalized spacial score (nSPS) is 15.6. The molecule has 0 bridgehead atoms. The number of benzene rings is 11. The third-order valence-electron chi connectivity index (χ3n) is 15.8. The lowest BCUT2D eigenvalue weighted by atomic mass is 9.59. The molecule has 0 radical (unpaired) electrons. The molecule has 69 heavy (non-hydrogen) atoms. The van der Waals surface area contributed by atoms with Crippen LogP contribution in [0.2, 0.25) is 13.1 Å². The Kier molecular flexibility index (Phi) is 7.87. The van der Waals surface area contributed by atoms with Crippen molar-refractivity contribution in [2.75, 3.05) is 4.90 Å². The summed E-state index contributed by atoms with van der Waals surface area (Å²) in [5, 5.41) is 12.7. The number of furan rings is 1. The van der Waals surface area contributed by atoms with E-state index in [2.05, 4.69) is 247 Å². The SMILES string of the molecule is C[Si]1(C)c2ccccc2C2(c3ccccc3-c3cccc4cccc2c34)c2ccc(N(c3ccc4c(c3)c3ccccc3n4-c3cccc4oc5ccccc5c34)c3cccc4ccccc34)cc21. The van der Waals surface area contributed by atoms with Gasteiger partial charge in [0.15, 0.2) is 0 Å². The summed E-state index contributed by atoms with van der Waals surface area (Å²) in [6, 6.07) is 86.3. The molecule has 3 heterocycles. The van der Waals surface area contributed by atoms with Gasteiger partial charge in [0.25, 0.3) is 0 Å². The molecule has 0 fully saturated rings. The van der Waals surface area contributed by atoms with Gasteiger partial charge >= 0.3 is 0 Å². The molecule has 1 aliphatic heterocycles. The molecule has 15 rings (SSSR count). The summed E-state index contributed by atoms with van der Waals surface area (Å²) in [4.78, 5) is 2.53. The van der Waals surface area contributed by atoms with Crippen molar-refractivity contribution in [1.29, 1.82) is 0 Å². The van der Waals surface area contributed by atoms with Gasteiger partial charge in [-0.3, -0.25) is 0 Å². The molecule has 3 nitrogen and oxygen atoms in total. The fourth-order valence-corrected chi connectivity index (χ4v) is 16.1. The number of fused-ring (bicyclic) bond motifs is 15. The Morgan fingerprint density at radius 2 is 1.01 bits per heavy atom. The first-order chi connectivity index (χ1) is 34.0. The van der Waals surface area contributed by atoms with E-state index in [1.807, 2.05) is 6.07 Å². The van der Waals surface area contributed by atoms with Crippen LogP contribution in [0.5, 0.6) is 0 Å². The number of hydrogen-bond donors (Lipinski definition) is 0. The minimum atomic E-state index is -2.36. The molecule has 1 atom stereocenters. The molecule has 2 aromatic heterocycles. The topological polar surface area (TPSA) is 21.3 Å². The molecule has 0 N–H and O–H groups in total. The minimum Gasteiger partial charge on any atom is -0.456 e. The molecule has 0 saturated carbocycles. The van der Waals surface area contributed by atoms with Gasteiger partial charge in [-0.05, 0) is 121 Å². The highest BCUT2D eigenvalue weighted by Gasteiger charge is 2.52. The third kappa shape index (κ3) is 5.11. The lowest BCUT2D eigenvalue weighted by Gasteiger charge is -2.50. The second-order valence-electron chi connectivity index (χ2n) is 19.5. The van der Waals surface area contributed by atoms with E-state index in [1.54, 1.807) is 0 Å². The van der Waals surface area contributed by atoms with Gasteiger partial charge in [-0.2, -0.15) is 0 Å². The number of rotatable bonds is 4. The monoisotopic (exact) mass is 896 g/mol. The van der Waals surface area contributed by atoms with Gasteiger partial charge in [-0.1, -0.05) is 183 Å². The molecule has 0 saturated heterocycles. The van der Waals surface area contributed by atoms with Crippen LogP contribution in [0.25, 0.3) is 82.1 Å². The maximum Gasteiger partial charge on any atom is 0.137 e. The summed E-state index contributed by atoms with van der Waals surface area (Å²) >= 11 is 0. The van der Waals surface area contributed by atoms with E-state index in [9.17, 15) is 0 Å². The van der Waals surface area contributed by atoms with E-state index in [1.165, 1.54) is 76.1 Å². The highest BCUT2D eigenvalue weighted by atomic mass is 28.3. The predicted octanol–water partition coefficient (Wildman–Crippen LogP) is 16.0. The molecule has 11 aromatic carbocycles. The number of aromatic nitrogens is 1. The van der Waals surface area contributed by atoms with Crippen LogP contribution in [-0.4, -0.2) is 12.6 Å². The zero-order chi connectivity index (χ0) is 45.6. The highest BCUT2D eigenvalue weighted by molar-refractivity contribution is 7.01. The van der Waals surface area contributed by atoms with Crippen LogP contribution in [-0.2, 0) is 5.41 Å². The molecule has 324 valence electrons. The molecule has 1 unspecified atom stereocenters. The average Bonchev–Trinajstić information content (AvgIpc) is 3.95. The number of hydrogen-bond acceptors (Lipinski definition) is 2. The Labute approximate surface area is 400 Å². The predicted molar refractivity (Wildman–Crippen MR) is 292 cm³/mol. The summed E-state index contributed by atoms with van der Waals surface area (Å²) in [5.41, 5.74) is 16.3. The van der Waals surface area contributed by atoms with Crippen molar-refractivity contribution in [1.82, 2.24) is 4.57 Å². The van der Waals surface area contributed by atoms with Gasteiger partial charge in [0, 0.05) is 32.9 Å². The van der Waals surface area contributed by atoms with E-state index in [-0.39, 0.29) is 0 Å². The Balaban J connectivity index is 1.01. The van der Waals surface area contributed by atoms with Crippen molar-refractivity contribution in [3.63, 3.8) is 0 Å². The van der Waals surface area contributed by atoms with E-state index < -0.39 is 13.5 Å². The Morgan fingerprint density at radius 1 is 0.406 bits per heavy atom. The molecule has 2 aliphatic rings.